The molecule has 1 rings (SSSR count). The molecule has 0 spiro atoms. The zero-order valence-corrected chi connectivity index (χ0v) is 8.45. The second kappa shape index (κ2) is 4.60. The fraction of sp³-hybridized carbons (Fsp3) is 0.400. The van der Waals surface area contributed by atoms with Crippen molar-refractivity contribution in [3.8, 4) is 0 Å². The molecule has 0 bridgehead atoms. The van der Waals surface area contributed by atoms with Gasteiger partial charge in [-0.05, 0) is 26.0 Å². The van der Waals surface area contributed by atoms with Gasteiger partial charge in [0.1, 0.15) is 0 Å². The van der Waals surface area contributed by atoms with Crippen LogP contribution in [0.1, 0.15) is 19.0 Å². The zero-order chi connectivity index (χ0) is 10.6. The number of pyridine rings is 1. The van der Waals surface area contributed by atoms with Gasteiger partial charge in [0.05, 0.1) is 11.9 Å². The van der Waals surface area contributed by atoms with Crippen LogP contribution in [-0.2, 0) is 4.79 Å². The van der Waals surface area contributed by atoms with E-state index in [-0.39, 0.29) is 11.9 Å². The highest BCUT2D eigenvalue weighted by Gasteiger charge is 2.05. The van der Waals surface area contributed by atoms with E-state index < -0.39 is 0 Å². The molecule has 4 heteroatoms. The number of anilines is 1. The number of amides is 1. The summed E-state index contributed by atoms with van der Waals surface area (Å²) in [6.45, 7) is 3.83. The van der Waals surface area contributed by atoms with Crippen molar-refractivity contribution in [2.45, 2.75) is 26.3 Å². The molecule has 1 aromatic heterocycles. The Morgan fingerprint density at radius 2 is 2.36 bits per heavy atom. The minimum Gasteiger partial charge on any atom is -0.381 e. The second-order valence-electron chi connectivity index (χ2n) is 3.40. The van der Waals surface area contributed by atoms with Gasteiger partial charge in [0, 0.05) is 18.2 Å². The highest BCUT2D eigenvalue weighted by atomic mass is 16.1. The fourth-order valence-corrected chi connectivity index (χ4v) is 1.19. The molecule has 1 unspecified atom stereocenters. The van der Waals surface area contributed by atoms with E-state index in [0.29, 0.717) is 6.42 Å². The molecular weight excluding hydrogens is 178 g/mol. The molecule has 0 aromatic carbocycles. The van der Waals surface area contributed by atoms with Gasteiger partial charge in [0.25, 0.3) is 0 Å². The van der Waals surface area contributed by atoms with Crippen LogP contribution in [0.5, 0.6) is 0 Å². The number of aryl methyl sites for hydroxylation is 1. The summed E-state index contributed by atoms with van der Waals surface area (Å²) in [5, 5.41) is 3.14. The van der Waals surface area contributed by atoms with E-state index in [4.69, 9.17) is 5.73 Å². The molecule has 0 aliphatic heterocycles. The lowest BCUT2D eigenvalue weighted by Gasteiger charge is -2.12. The van der Waals surface area contributed by atoms with Crippen LogP contribution in [0.15, 0.2) is 18.3 Å². The number of primary amides is 1. The summed E-state index contributed by atoms with van der Waals surface area (Å²) in [6.07, 6.45) is 2.07. The Labute approximate surface area is 83.5 Å². The highest BCUT2D eigenvalue weighted by Crippen LogP contribution is 2.08. The lowest BCUT2D eigenvalue weighted by Crippen LogP contribution is -2.23. The molecule has 1 amide bonds. The average molecular weight is 193 g/mol. The molecular formula is C10H15N3O. The normalized spacial score (nSPS) is 12.1. The van der Waals surface area contributed by atoms with Crippen LogP contribution in [-0.4, -0.2) is 16.9 Å². The minimum absolute atomic E-state index is 0.0389. The van der Waals surface area contributed by atoms with E-state index in [2.05, 4.69) is 10.3 Å². The molecule has 1 aromatic rings. The first kappa shape index (κ1) is 10.5. The van der Waals surface area contributed by atoms with E-state index >= 15 is 0 Å². The van der Waals surface area contributed by atoms with Crippen LogP contribution in [0.25, 0.3) is 0 Å². The Bertz CT molecular complexity index is 308. The van der Waals surface area contributed by atoms with Gasteiger partial charge in [-0.25, -0.2) is 0 Å². The number of hydrogen-bond donors (Lipinski definition) is 2. The molecule has 14 heavy (non-hydrogen) atoms. The van der Waals surface area contributed by atoms with Gasteiger partial charge in [-0.2, -0.15) is 0 Å². The summed E-state index contributed by atoms with van der Waals surface area (Å²) in [6, 6.07) is 3.89. The third kappa shape index (κ3) is 3.43. The van der Waals surface area contributed by atoms with E-state index in [0.717, 1.165) is 11.4 Å². The Hall–Kier alpha value is -1.58. The largest absolute Gasteiger partial charge is 0.381 e. The van der Waals surface area contributed by atoms with Gasteiger partial charge in [0.15, 0.2) is 0 Å². The summed E-state index contributed by atoms with van der Waals surface area (Å²) < 4.78 is 0. The Morgan fingerprint density at radius 3 is 2.86 bits per heavy atom. The predicted octanol–water partition coefficient (Wildman–Crippen LogP) is 1.07. The van der Waals surface area contributed by atoms with E-state index in [1.165, 1.54) is 0 Å². The van der Waals surface area contributed by atoms with Gasteiger partial charge >= 0.3 is 0 Å². The van der Waals surface area contributed by atoms with Crippen molar-refractivity contribution >= 4 is 11.6 Å². The number of carbonyl (C=O) groups excluding carboxylic acids is 1. The lowest BCUT2D eigenvalue weighted by molar-refractivity contribution is -0.118. The number of nitrogens with zero attached hydrogens (tertiary/aromatic N) is 1. The fourth-order valence-electron chi connectivity index (χ4n) is 1.19. The molecule has 1 heterocycles. The van der Waals surface area contributed by atoms with Crippen LogP contribution < -0.4 is 11.1 Å². The van der Waals surface area contributed by atoms with Crippen molar-refractivity contribution in [2.75, 3.05) is 5.32 Å². The molecule has 0 radical (unpaired) electrons. The standard InChI is InChI=1S/C10H15N3O/c1-7-3-4-9(6-12-7)13-8(2)5-10(11)14/h3-4,6,8,13H,5H2,1-2H3,(H2,11,14). The summed E-state index contributed by atoms with van der Waals surface area (Å²) in [4.78, 5) is 14.8. The van der Waals surface area contributed by atoms with Gasteiger partial charge in [-0.3, -0.25) is 9.78 Å². The number of aromatic nitrogens is 1. The first-order chi connectivity index (χ1) is 6.58. The van der Waals surface area contributed by atoms with Gasteiger partial charge in [0.2, 0.25) is 5.91 Å². The third-order valence-electron chi connectivity index (χ3n) is 1.83. The molecule has 0 saturated heterocycles. The molecule has 0 aliphatic carbocycles. The molecule has 0 saturated carbocycles. The minimum atomic E-state index is -0.301. The van der Waals surface area contributed by atoms with Crippen LogP contribution in [0.3, 0.4) is 0 Å². The summed E-state index contributed by atoms with van der Waals surface area (Å²) in [5.74, 6) is -0.301. The molecule has 0 aliphatic rings. The average Bonchev–Trinajstić information content (AvgIpc) is 2.07. The maximum absolute atomic E-state index is 10.6. The van der Waals surface area contributed by atoms with Crippen molar-refractivity contribution in [3.05, 3.63) is 24.0 Å². The van der Waals surface area contributed by atoms with Crippen molar-refractivity contribution in [2.24, 2.45) is 5.73 Å². The molecule has 0 fully saturated rings. The van der Waals surface area contributed by atoms with Crippen molar-refractivity contribution in [1.29, 1.82) is 0 Å². The van der Waals surface area contributed by atoms with E-state index in [9.17, 15) is 4.79 Å². The first-order valence-electron chi connectivity index (χ1n) is 4.55. The first-order valence-corrected chi connectivity index (χ1v) is 4.55. The lowest BCUT2D eigenvalue weighted by atomic mass is 10.2. The summed E-state index contributed by atoms with van der Waals surface area (Å²) in [5.41, 5.74) is 6.95. The number of nitrogens with two attached hydrogens (primary N) is 1. The van der Waals surface area contributed by atoms with E-state index in [1.807, 2.05) is 26.0 Å². The van der Waals surface area contributed by atoms with Crippen molar-refractivity contribution < 1.29 is 4.79 Å². The van der Waals surface area contributed by atoms with Gasteiger partial charge < -0.3 is 11.1 Å². The Balaban J connectivity index is 2.51. The molecule has 3 N–H and O–H groups in total. The van der Waals surface area contributed by atoms with Crippen LogP contribution in [0.2, 0.25) is 0 Å². The van der Waals surface area contributed by atoms with E-state index in [1.54, 1.807) is 6.20 Å². The zero-order valence-electron chi connectivity index (χ0n) is 8.45. The number of carbonyl (C=O) groups is 1. The van der Waals surface area contributed by atoms with Crippen LogP contribution >= 0.6 is 0 Å². The monoisotopic (exact) mass is 193 g/mol. The quantitative estimate of drug-likeness (QED) is 0.751. The number of nitrogens with one attached hydrogen (secondary N) is 1. The van der Waals surface area contributed by atoms with Crippen LogP contribution in [0, 0.1) is 6.92 Å². The second-order valence-corrected chi connectivity index (χ2v) is 3.40. The van der Waals surface area contributed by atoms with Gasteiger partial charge in [-0.1, -0.05) is 0 Å². The Kier molecular flexibility index (Phi) is 3.45. The SMILES string of the molecule is Cc1ccc(NC(C)CC(N)=O)cn1. The molecule has 76 valence electrons. The predicted molar refractivity (Wildman–Crippen MR) is 55.9 cm³/mol. The van der Waals surface area contributed by atoms with Crippen molar-refractivity contribution in [3.63, 3.8) is 0 Å². The topological polar surface area (TPSA) is 68.0 Å². The number of hydrogen-bond acceptors (Lipinski definition) is 3. The number of rotatable bonds is 4. The Morgan fingerprint density at radius 1 is 1.64 bits per heavy atom. The highest BCUT2D eigenvalue weighted by molar-refractivity contribution is 5.74. The third-order valence-corrected chi connectivity index (χ3v) is 1.83. The molecule has 4 nitrogen and oxygen atoms in total. The summed E-state index contributed by atoms with van der Waals surface area (Å²) in [7, 11) is 0. The molecule has 1 atom stereocenters. The smallest absolute Gasteiger partial charge is 0.219 e. The van der Waals surface area contributed by atoms with Gasteiger partial charge in [-0.15, -0.1) is 0 Å². The van der Waals surface area contributed by atoms with Crippen LogP contribution in [0.4, 0.5) is 5.69 Å². The maximum Gasteiger partial charge on any atom is 0.219 e. The maximum atomic E-state index is 10.6. The van der Waals surface area contributed by atoms with Crippen molar-refractivity contribution in [1.82, 2.24) is 4.98 Å². The summed E-state index contributed by atoms with van der Waals surface area (Å²) >= 11 is 0.